The van der Waals surface area contributed by atoms with Gasteiger partial charge in [0.05, 0.1) is 18.4 Å². The summed E-state index contributed by atoms with van der Waals surface area (Å²) < 4.78 is 5.61. The fourth-order valence-corrected chi connectivity index (χ4v) is 2.44. The van der Waals surface area contributed by atoms with Crippen molar-refractivity contribution >= 4 is 23.3 Å². The molecule has 0 spiro atoms. The van der Waals surface area contributed by atoms with Gasteiger partial charge in [0.15, 0.2) is 0 Å². The van der Waals surface area contributed by atoms with Crippen molar-refractivity contribution in [1.82, 2.24) is 4.90 Å². The van der Waals surface area contributed by atoms with Gasteiger partial charge in [-0.2, -0.15) is 0 Å². The molecule has 1 atom stereocenters. The SMILES string of the molecule is CCCOc1ccc(Cl)cc1NC(=O)N1CCC[C@@H](O)C1. The second-order valence-electron chi connectivity index (χ2n) is 5.16. The predicted molar refractivity (Wildman–Crippen MR) is 83.1 cm³/mol. The Morgan fingerprint density at radius 2 is 2.38 bits per heavy atom. The third kappa shape index (κ3) is 4.51. The van der Waals surface area contributed by atoms with E-state index >= 15 is 0 Å². The number of piperidine rings is 1. The number of hydrogen-bond donors (Lipinski definition) is 2. The largest absolute Gasteiger partial charge is 0.491 e. The zero-order valence-corrected chi connectivity index (χ0v) is 12.9. The Bertz CT molecular complexity index is 496. The Hall–Kier alpha value is -1.46. The molecule has 1 saturated heterocycles. The zero-order valence-electron chi connectivity index (χ0n) is 12.1. The number of amides is 2. The number of nitrogens with one attached hydrogen (secondary N) is 1. The van der Waals surface area contributed by atoms with E-state index in [2.05, 4.69) is 5.32 Å². The Morgan fingerprint density at radius 3 is 3.10 bits per heavy atom. The van der Waals surface area contributed by atoms with Crippen LogP contribution in [-0.4, -0.2) is 41.8 Å². The first kappa shape index (κ1) is 15.9. The van der Waals surface area contributed by atoms with Crippen molar-refractivity contribution in [3.63, 3.8) is 0 Å². The van der Waals surface area contributed by atoms with E-state index in [-0.39, 0.29) is 6.03 Å². The molecule has 1 aliphatic heterocycles. The number of aliphatic hydroxyl groups excluding tert-OH is 1. The van der Waals surface area contributed by atoms with Gasteiger partial charge in [-0.25, -0.2) is 4.79 Å². The second-order valence-corrected chi connectivity index (χ2v) is 5.60. The zero-order chi connectivity index (χ0) is 15.2. The molecule has 116 valence electrons. The molecule has 1 aliphatic rings. The third-order valence-electron chi connectivity index (χ3n) is 3.33. The number of β-amino-alcohol motifs (C(OH)–C–C–N with tert-alkyl or cyclic N) is 1. The molecular formula is C15H21ClN2O3. The number of hydrogen-bond acceptors (Lipinski definition) is 3. The van der Waals surface area contributed by atoms with E-state index in [9.17, 15) is 9.90 Å². The molecule has 0 aromatic heterocycles. The van der Waals surface area contributed by atoms with Crippen molar-refractivity contribution in [3.05, 3.63) is 23.2 Å². The molecule has 5 nitrogen and oxygen atoms in total. The maximum absolute atomic E-state index is 12.3. The molecule has 0 radical (unpaired) electrons. The van der Waals surface area contributed by atoms with Gasteiger partial charge in [-0.3, -0.25) is 0 Å². The standard InChI is InChI=1S/C15H21ClN2O3/c1-2-8-21-14-6-5-11(16)9-13(14)17-15(20)18-7-3-4-12(19)10-18/h5-6,9,12,19H,2-4,7-8,10H2,1H3,(H,17,20)/t12-/m1/s1. The molecule has 2 amide bonds. The summed E-state index contributed by atoms with van der Waals surface area (Å²) in [5.41, 5.74) is 0.556. The van der Waals surface area contributed by atoms with Crippen molar-refractivity contribution in [3.8, 4) is 5.75 Å². The number of urea groups is 1. The molecule has 0 aliphatic carbocycles. The van der Waals surface area contributed by atoms with Gasteiger partial charge < -0.3 is 20.1 Å². The number of carbonyl (C=O) groups is 1. The first-order chi connectivity index (χ1) is 10.1. The number of rotatable bonds is 4. The first-order valence-corrected chi connectivity index (χ1v) is 7.64. The van der Waals surface area contributed by atoms with Gasteiger partial charge in [0.2, 0.25) is 0 Å². The third-order valence-corrected chi connectivity index (χ3v) is 3.56. The number of aliphatic hydroxyl groups is 1. The molecular weight excluding hydrogens is 292 g/mol. The Morgan fingerprint density at radius 1 is 1.57 bits per heavy atom. The lowest BCUT2D eigenvalue weighted by Gasteiger charge is -2.30. The van der Waals surface area contributed by atoms with Crippen LogP contribution in [0.2, 0.25) is 5.02 Å². The highest BCUT2D eigenvalue weighted by Crippen LogP contribution is 2.28. The number of nitrogens with zero attached hydrogens (tertiary/aromatic N) is 1. The van der Waals surface area contributed by atoms with E-state index in [1.165, 1.54) is 0 Å². The second kappa shape index (κ2) is 7.52. The molecule has 1 fully saturated rings. The van der Waals surface area contributed by atoms with Crippen LogP contribution in [-0.2, 0) is 0 Å². The minimum absolute atomic E-state index is 0.239. The summed E-state index contributed by atoms with van der Waals surface area (Å²) in [5, 5.41) is 13.0. The average Bonchev–Trinajstić information content (AvgIpc) is 2.46. The summed E-state index contributed by atoms with van der Waals surface area (Å²) in [7, 11) is 0. The molecule has 1 aromatic rings. The van der Waals surface area contributed by atoms with E-state index in [4.69, 9.17) is 16.3 Å². The molecule has 6 heteroatoms. The lowest BCUT2D eigenvalue weighted by molar-refractivity contribution is 0.0883. The van der Waals surface area contributed by atoms with Crippen molar-refractivity contribution in [1.29, 1.82) is 0 Å². The predicted octanol–water partition coefficient (Wildman–Crippen LogP) is 3.12. The lowest BCUT2D eigenvalue weighted by atomic mass is 10.1. The van der Waals surface area contributed by atoms with Gasteiger partial charge in [0, 0.05) is 18.1 Å². The van der Waals surface area contributed by atoms with Crippen molar-refractivity contribution in [2.75, 3.05) is 25.0 Å². The maximum atomic E-state index is 12.3. The van der Waals surface area contributed by atoms with Crippen molar-refractivity contribution < 1.29 is 14.6 Å². The van der Waals surface area contributed by atoms with E-state index in [1.54, 1.807) is 23.1 Å². The molecule has 1 heterocycles. The summed E-state index contributed by atoms with van der Waals surface area (Å²) in [5.74, 6) is 0.604. The Labute approximate surface area is 129 Å². The normalized spacial score (nSPS) is 18.4. The smallest absolute Gasteiger partial charge is 0.322 e. The molecule has 0 unspecified atom stereocenters. The Kier molecular flexibility index (Phi) is 5.70. The number of halogens is 1. The van der Waals surface area contributed by atoms with E-state index in [0.717, 1.165) is 19.3 Å². The molecule has 0 saturated carbocycles. The maximum Gasteiger partial charge on any atom is 0.322 e. The van der Waals surface area contributed by atoms with Gasteiger partial charge in [-0.1, -0.05) is 18.5 Å². The van der Waals surface area contributed by atoms with Crippen molar-refractivity contribution in [2.45, 2.75) is 32.3 Å². The summed E-state index contributed by atoms with van der Waals surface area (Å²) in [6, 6.07) is 4.91. The van der Waals surface area contributed by atoms with Gasteiger partial charge in [-0.05, 0) is 37.5 Å². The first-order valence-electron chi connectivity index (χ1n) is 7.26. The van der Waals surface area contributed by atoms with Crippen LogP contribution in [0.15, 0.2) is 18.2 Å². The molecule has 2 rings (SSSR count). The topological polar surface area (TPSA) is 61.8 Å². The Balaban J connectivity index is 2.06. The molecule has 0 bridgehead atoms. The molecule has 1 aromatic carbocycles. The van der Waals surface area contributed by atoms with Crippen LogP contribution >= 0.6 is 11.6 Å². The number of likely N-dealkylation sites (tertiary alicyclic amines) is 1. The highest BCUT2D eigenvalue weighted by Gasteiger charge is 2.22. The van der Waals surface area contributed by atoms with Crippen LogP contribution < -0.4 is 10.1 Å². The lowest BCUT2D eigenvalue weighted by Crippen LogP contribution is -2.44. The van der Waals surface area contributed by atoms with Crippen LogP contribution in [0.4, 0.5) is 10.5 Å². The van der Waals surface area contributed by atoms with Crippen LogP contribution in [0.25, 0.3) is 0 Å². The van der Waals surface area contributed by atoms with Gasteiger partial charge in [0.1, 0.15) is 5.75 Å². The monoisotopic (exact) mass is 312 g/mol. The van der Waals surface area contributed by atoms with Gasteiger partial charge >= 0.3 is 6.03 Å². The highest BCUT2D eigenvalue weighted by molar-refractivity contribution is 6.31. The molecule has 21 heavy (non-hydrogen) atoms. The number of anilines is 1. The fourth-order valence-electron chi connectivity index (χ4n) is 2.27. The molecule has 2 N–H and O–H groups in total. The summed E-state index contributed by atoms with van der Waals surface area (Å²) in [4.78, 5) is 13.9. The van der Waals surface area contributed by atoms with E-state index < -0.39 is 6.10 Å². The van der Waals surface area contributed by atoms with Crippen LogP contribution in [0, 0.1) is 0 Å². The quantitative estimate of drug-likeness (QED) is 0.898. The fraction of sp³-hybridized carbons (Fsp3) is 0.533. The van der Waals surface area contributed by atoms with Gasteiger partial charge in [0.25, 0.3) is 0 Å². The van der Waals surface area contributed by atoms with Gasteiger partial charge in [-0.15, -0.1) is 0 Å². The summed E-state index contributed by atoms with van der Waals surface area (Å²) in [6.45, 7) is 3.60. The summed E-state index contributed by atoms with van der Waals surface area (Å²) >= 11 is 5.98. The highest BCUT2D eigenvalue weighted by atomic mass is 35.5. The number of benzene rings is 1. The van der Waals surface area contributed by atoms with Crippen molar-refractivity contribution in [2.24, 2.45) is 0 Å². The van der Waals surface area contributed by atoms with Crippen LogP contribution in [0.5, 0.6) is 5.75 Å². The summed E-state index contributed by atoms with van der Waals surface area (Å²) in [6.07, 6.45) is 1.99. The van der Waals surface area contributed by atoms with Crippen LogP contribution in [0.1, 0.15) is 26.2 Å². The average molecular weight is 313 g/mol. The minimum atomic E-state index is -0.445. The van der Waals surface area contributed by atoms with Crippen LogP contribution in [0.3, 0.4) is 0 Å². The number of carbonyl (C=O) groups excluding carboxylic acids is 1. The van der Waals surface area contributed by atoms with E-state index in [1.807, 2.05) is 6.92 Å². The minimum Gasteiger partial charge on any atom is -0.491 e. The van der Waals surface area contributed by atoms with E-state index in [0.29, 0.717) is 36.2 Å². The number of ether oxygens (including phenoxy) is 1.